The molecule has 0 aliphatic heterocycles. The molecular formula is C19H27N5O2. The van der Waals surface area contributed by atoms with Gasteiger partial charge in [0.15, 0.2) is 5.96 Å². The van der Waals surface area contributed by atoms with E-state index in [4.69, 9.17) is 0 Å². The quantitative estimate of drug-likeness (QED) is 0.310. The zero-order valence-corrected chi connectivity index (χ0v) is 15.4. The maximum absolute atomic E-state index is 11.1. The van der Waals surface area contributed by atoms with E-state index >= 15 is 0 Å². The normalized spacial score (nSPS) is 11.2. The number of aliphatic imine (C=N–C) groups is 1. The van der Waals surface area contributed by atoms with Crippen molar-refractivity contribution in [2.45, 2.75) is 32.4 Å². The first-order valence-electron chi connectivity index (χ1n) is 8.78. The van der Waals surface area contributed by atoms with Crippen molar-refractivity contribution >= 4 is 11.9 Å². The van der Waals surface area contributed by atoms with Crippen LogP contribution in [0.4, 0.5) is 0 Å². The molecule has 0 bridgehead atoms. The van der Waals surface area contributed by atoms with Gasteiger partial charge in [0, 0.05) is 39.0 Å². The minimum absolute atomic E-state index is 0.165. The largest absolute Gasteiger partial charge is 0.469 e. The maximum atomic E-state index is 11.1. The first-order chi connectivity index (χ1) is 12.7. The number of nitrogens with zero attached hydrogens (tertiary/aromatic N) is 3. The van der Waals surface area contributed by atoms with Gasteiger partial charge in [-0.15, -0.1) is 0 Å². The summed E-state index contributed by atoms with van der Waals surface area (Å²) in [5, 5.41) is 10.9. The van der Waals surface area contributed by atoms with Gasteiger partial charge in [0.05, 0.1) is 13.7 Å². The summed E-state index contributed by atoms with van der Waals surface area (Å²) in [7, 11) is 3.16. The number of carbonyl (C=O) groups excluding carboxylic acids is 1. The summed E-state index contributed by atoms with van der Waals surface area (Å²) in [6.45, 7) is 2.18. The Kier molecular flexibility index (Phi) is 8.18. The molecule has 2 N–H and O–H groups in total. The van der Waals surface area contributed by atoms with Gasteiger partial charge in [-0.1, -0.05) is 24.3 Å². The predicted molar refractivity (Wildman–Crippen MR) is 102 cm³/mol. The van der Waals surface area contributed by atoms with Crippen LogP contribution in [-0.4, -0.2) is 42.4 Å². The van der Waals surface area contributed by atoms with Crippen LogP contribution in [0.15, 0.2) is 47.7 Å². The number of methoxy groups -OCH3 is 1. The summed E-state index contributed by atoms with van der Waals surface area (Å²) in [4.78, 5) is 15.3. The molecular weight excluding hydrogens is 330 g/mol. The summed E-state index contributed by atoms with van der Waals surface area (Å²) in [5.41, 5.74) is 2.42. The molecule has 1 heterocycles. The van der Waals surface area contributed by atoms with Gasteiger partial charge >= 0.3 is 5.97 Å². The Morgan fingerprint density at radius 1 is 1.19 bits per heavy atom. The lowest BCUT2D eigenvalue weighted by atomic mass is 10.1. The Morgan fingerprint density at radius 2 is 2.00 bits per heavy atom. The van der Waals surface area contributed by atoms with Gasteiger partial charge < -0.3 is 15.4 Å². The fraction of sp³-hybridized carbons (Fsp3) is 0.421. The number of esters is 1. The molecule has 0 unspecified atom stereocenters. The minimum atomic E-state index is -0.165. The first-order valence-corrected chi connectivity index (χ1v) is 8.78. The van der Waals surface area contributed by atoms with Crippen LogP contribution in [0.1, 0.15) is 30.4 Å². The van der Waals surface area contributed by atoms with E-state index in [0.717, 1.165) is 31.9 Å². The monoisotopic (exact) mass is 357 g/mol. The summed E-state index contributed by atoms with van der Waals surface area (Å²) >= 11 is 0. The van der Waals surface area contributed by atoms with Crippen LogP contribution in [0.5, 0.6) is 0 Å². The molecule has 0 fully saturated rings. The second kappa shape index (κ2) is 10.9. The molecule has 0 radical (unpaired) electrons. The lowest BCUT2D eigenvalue weighted by Crippen LogP contribution is -2.37. The smallest absolute Gasteiger partial charge is 0.305 e. The van der Waals surface area contributed by atoms with Crippen LogP contribution >= 0.6 is 0 Å². The molecule has 0 aliphatic carbocycles. The molecule has 0 spiro atoms. The summed E-state index contributed by atoms with van der Waals surface area (Å²) in [6.07, 6.45) is 5.87. The molecule has 2 aromatic rings. The zero-order chi connectivity index (χ0) is 18.6. The highest BCUT2D eigenvalue weighted by molar-refractivity contribution is 5.79. The predicted octanol–water partition coefficient (Wildman–Crippen LogP) is 1.94. The van der Waals surface area contributed by atoms with E-state index in [-0.39, 0.29) is 5.97 Å². The van der Waals surface area contributed by atoms with Gasteiger partial charge in [0.2, 0.25) is 0 Å². The molecule has 0 amide bonds. The number of benzene rings is 1. The topological polar surface area (TPSA) is 80.5 Å². The fourth-order valence-electron chi connectivity index (χ4n) is 2.56. The molecule has 26 heavy (non-hydrogen) atoms. The summed E-state index contributed by atoms with van der Waals surface area (Å²) in [6, 6.07) is 10.2. The van der Waals surface area contributed by atoms with Crippen molar-refractivity contribution < 1.29 is 9.53 Å². The van der Waals surface area contributed by atoms with Gasteiger partial charge in [-0.2, -0.15) is 5.10 Å². The van der Waals surface area contributed by atoms with Crippen molar-refractivity contribution in [3.63, 3.8) is 0 Å². The Balaban J connectivity index is 1.78. The van der Waals surface area contributed by atoms with Crippen LogP contribution in [0.25, 0.3) is 0 Å². The molecule has 7 nitrogen and oxygen atoms in total. The maximum Gasteiger partial charge on any atom is 0.305 e. The Bertz CT molecular complexity index is 698. The molecule has 140 valence electrons. The number of ether oxygens (including phenoxy) is 1. The van der Waals surface area contributed by atoms with E-state index in [0.29, 0.717) is 13.0 Å². The molecule has 0 saturated carbocycles. The number of rotatable bonds is 9. The highest BCUT2D eigenvalue weighted by atomic mass is 16.5. The number of unbranched alkanes of at least 4 members (excludes halogenated alkanes) is 1. The standard InChI is InChI=1S/C19H27N5O2/c1-20-19(21-11-6-5-10-18(25)26-2)22-14-16-8-3-4-9-17(16)15-24-13-7-12-23-24/h3-4,7-9,12-13H,5-6,10-11,14-15H2,1-2H3,(H2,20,21,22). The van der Waals surface area contributed by atoms with Crippen LogP contribution in [0.3, 0.4) is 0 Å². The molecule has 0 saturated heterocycles. The van der Waals surface area contributed by atoms with Crippen molar-refractivity contribution in [1.82, 2.24) is 20.4 Å². The first kappa shape index (κ1) is 19.5. The highest BCUT2D eigenvalue weighted by Crippen LogP contribution is 2.10. The van der Waals surface area contributed by atoms with E-state index < -0.39 is 0 Å². The van der Waals surface area contributed by atoms with Gasteiger partial charge in [0.1, 0.15) is 0 Å². The number of aromatic nitrogens is 2. The fourth-order valence-corrected chi connectivity index (χ4v) is 2.56. The second-order valence-electron chi connectivity index (χ2n) is 5.86. The van der Waals surface area contributed by atoms with E-state index in [1.165, 1.54) is 18.2 Å². The summed E-state index contributed by atoms with van der Waals surface area (Å²) in [5.74, 6) is 0.582. The van der Waals surface area contributed by atoms with Crippen molar-refractivity contribution in [2.75, 3.05) is 20.7 Å². The number of guanidine groups is 1. The van der Waals surface area contributed by atoms with Gasteiger partial charge in [-0.3, -0.25) is 14.5 Å². The molecule has 0 atom stereocenters. The van der Waals surface area contributed by atoms with E-state index in [9.17, 15) is 4.79 Å². The van der Waals surface area contributed by atoms with Crippen LogP contribution in [-0.2, 0) is 22.6 Å². The molecule has 0 aliphatic rings. The van der Waals surface area contributed by atoms with Crippen molar-refractivity contribution in [1.29, 1.82) is 0 Å². The van der Waals surface area contributed by atoms with Crippen LogP contribution in [0.2, 0.25) is 0 Å². The van der Waals surface area contributed by atoms with Crippen LogP contribution in [0, 0.1) is 0 Å². The Labute approximate surface area is 154 Å². The number of hydrogen-bond acceptors (Lipinski definition) is 4. The minimum Gasteiger partial charge on any atom is -0.469 e. The lowest BCUT2D eigenvalue weighted by molar-refractivity contribution is -0.140. The summed E-state index contributed by atoms with van der Waals surface area (Å²) < 4.78 is 6.54. The number of nitrogens with one attached hydrogen (secondary N) is 2. The van der Waals surface area contributed by atoms with Crippen molar-refractivity contribution in [3.8, 4) is 0 Å². The van der Waals surface area contributed by atoms with E-state index in [1.54, 1.807) is 13.2 Å². The van der Waals surface area contributed by atoms with Gasteiger partial charge in [0.25, 0.3) is 0 Å². The highest BCUT2D eigenvalue weighted by Gasteiger charge is 2.05. The number of hydrogen-bond donors (Lipinski definition) is 2. The third-order valence-electron chi connectivity index (χ3n) is 4.01. The molecule has 2 rings (SSSR count). The van der Waals surface area contributed by atoms with Crippen molar-refractivity contribution in [2.24, 2.45) is 4.99 Å². The van der Waals surface area contributed by atoms with Crippen molar-refractivity contribution in [3.05, 3.63) is 53.9 Å². The third kappa shape index (κ3) is 6.58. The third-order valence-corrected chi connectivity index (χ3v) is 4.01. The number of carbonyl (C=O) groups is 1. The van der Waals surface area contributed by atoms with Crippen LogP contribution < -0.4 is 10.6 Å². The molecule has 1 aromatic heterocycles. The average Bonchev–Trinajstić information content (AvgIpc) is 3.18. The van der Waals surface area contributed by atoms with Gasteiger partial charge in [-0.25, -0.2) is 0 Å². The Morgan fingerprint density at radius 3 is 2.69 bits per heavy atom. The SMILES string of the molecule is CN=C(NCCCCC(=O)OC)NCc1ccccc1Cn1cccn1. The van der Waals surface area contributed by atoms with E-state index in [1.807, 2.05) is 29.1 Å². The average molecular weight is 357 g/mol. The van der Waals surface area contributed by atoms with Gasteiger partial charge in [-0.05, 0) is 30.0 Å². The zero-order valence-electron chi connectivity index (χ0n) is 15.4. The Hall–Kier alpha value is -2.83. The second-order valence-corrected chi connectivity index (χ2v) is 5.86. The molecule has 7 heteroatoms. The van der Waals surface area contributed by atoms with E-state index in [2.05, 4.69) is 37.6 Å². The lowest BCUT2D eigenvalue weighted by Gasteiger charge is -2.14. The molecule has 1 aromatic carbocycles.